The van der Waals surface area contributed by atoms with Crippen molar-refractivity contribution in [3.63, 3.8) is 0 Å². The molecule has 3 atom stereocenters. The zero-order chi connectivity index (χ0) is 7.68. The molecule has 2 aliphatic rings. The summed E-state index contributed by atoms with van der Waals surface area (Å²) in [5, 5.41) is 0. The van der Waals surface area contributed by atoms with E-state index in [1.807, 2.05) is 0 Å². The van der Waals surface area contributed by atoms with Crippen LogP contribution in [0.2, 0.25) is 6.32 Å². The molecule has 2 radical (unpaired) electrons. The summed E-state index contributed by atoms with van der Waals surface area (Å²) < 4.78 is 0. The van der Waals surface area contributed by atoms with Crippen LogP contribution < -0.4 is 5.48 Å². The van der Waals surface area contributed by atoms with Crippen molar-refractivity contribution in [1.82, 2.24) is 5.48 Å². The molecule has 0 aromatic rings. The van der Waals surface area contributed by atoms with Gasteiger partial charge < -0.3 is 0 Å². The fourth-order valence-electron chi connectivity index (χ4n) is 2.22. The Labute approximate surface area is 69.1 Å². The second-order valence-corrected chi connectivity index (χ2v) is 3.56. The SMILES string of the molecule is [B]C[C@H]1NOC2CCCCC21. The molecule has 0 aromatic carbocycles. The number of hydrogen-bond acceptors (Lipinski definition) is 2. The van der Waals surface area contributed by atoms with Gasteiger partial charge in [0.1, 0.15) is 0 Å². The highest BCUT2D eigenvalue weighted by atomic mass is 16.7. The molecule has 0 spiro atoms. The van der Waals surface area contributed by atoms with Gasteiger partial charge in [-0.15, -0.1) is 0 Å². The predicted molar refractivity (Wildman–Crippen MR) is 44.3 cm³/mol. The van der Waals surface area contributed by atoms with Crippen LogP contribution in [0.25, 0.3) is 0 Å². The minimum atomic E-state index is 0.417. The maximum atomic E-state index is 5.60. The van der Waals surface area contributed by atoms with Crippen LogP contribution >= 0.6 is 0 Å². The zero-order valence-electron chi connectivity index (χ0n) is 6.75. The van der Waals surface area contributed by atoms with Crippen LogP contribution in [0.1, 0.15) is 25.7 Å². The van der Waals surface area contributed by atoms with Gasteiger partial charge in [0.15, 0.2) is 0 Å². The first-order chi connectivity index (χ1) is 5.42. The monoisotopic (exact) mass is 151 g/mol. The maximum Gasteiger partial charge on any atom is 0.0833 e. The van der Waals surface area contributed by atoms with E-state index in [1.54, 1.807) is 0 Å². The van der Waals surface area contributed by atoms with Gasteiger partial charge >= 0.3 is 0 Å². The molecule has 1 saturated carbocycles. The molecule has 1 saturated heterocycles. The molecule has 1 heterocycles. The third-order valence-corrected chi connectivity index (χ3v) is 2.90. The van der Waals surface area contributed by atoms with Crippen molar-refractivity contribution >= 4 is 7.85 Å². The number of hydroxylamine groups is 1. The Morgan fingerprint density at radius 1 is 1.36 bits per heavy atom. The summed E-state index contributed by atoms with van der Waals surface area (Å²) in [5.41, 5.74) is 3.02. The number of rotatable bonds is 1. The first-order valence-corrected chi connectivity index (χ1v) is 4.53. The third kappa shape index (κ3) is 1.32. The van der Waals surface area contributed by atoms with Gasteiger partial charge in [-0.1, -0.05) is 19.2 Å². The number of nitrogens with one attached hydrogen (secondary N) is 1. The summed E-state index contributed by atoms with van der Waals surface area (Å²) in [4.78, 5) is 5.43. The quantitative estimate of drug-likeness (QED) is 0.565. The molecule has 11 heavy (non-hydrogen) atoms. The van der Waals surface area contributed by atoms with Crippen LogP contribution in [0, 0.1) is 5.92 Å². The molecule has 0 bridgehead atoms. The molecule has 2 fully saturated rings. The lowest BCUT2D eigenvalue weighted by Gasteiger charge is -2.25. The molecule has 2 rings (SSSR count). The van der Waals surface area contributed by atoms with Gasteiger partial charge in [0.2, 0.25) is 0 Å². The minimum absolute atomic E-state index is 0.417. The summed E-state index contributed by atoms with van der Waals surface area (Å²) in [6.45, 7) is 0. The zero-order valence-corrected chi connectivity index (χ0v) is 6.75. The van der Waals surface area contributed by atoms with Gasteiger partial charge in [0.25, 0.3) is 0 Å². The largest absolute Gasteiger partial charge is 0.298 e. The van der Waals surface area contributed by atoms with Crippen molar-refractivity contribution in [3.05, 3.63) is 0 Å². The molecule has 0 aromatic heterocycles. The fourth-order valence-corrected chi connectivity index (χ4v) is 2.22. The summed E-state index contributed by atoms with van der Waals surface area (Å²) in [6, 6.07) is 0.417. The first kappa shape index (κ1) is 7.62. The van der Waals surface area contributed by atoms with Crippen molar-refractivity contribution in [3.8, 4) is 0 Å². The summed E-state index contributed by atoms with van der Waals surface area (Å²) in [7, 11) is 5.60. The van der Waals surface area contributed by atoms with E-state index in [9.17, 15) is 0 Å². The normalized spacial score (nSPS) is 43.8. The van der Waals surface area contributed by atoms with E-state index in [0.29, 0.717) is 24.4 Å². The van der Waals surface area contributed by atoms with Crippen molar-refractivity contribution in [2.45, 2.75) is 44.1 Å². The van der Waals surface area contributed by atoms with E-state index in [2.05, 4.69) is 5.48 Å². The highest BCUT2D eigenvalue weighted by Crippen LogP contribution is 2.33. The average molecular weight is 151 g/mol. The molecule has 1 aliphatic carbocycles. The van der Waals surface area contributed by atoms with Crippen molar-refractivity contribution in [1.29, 1.82) is 0 Å². The Kier molecular flexibility index (Phi) is 2.19. The smallest absolute Gasteiger partial charge is 0.0833 e. The van der Waals surface area contributed by atoms with Gasteiger partial charge in [-0.05, 0) is 12.8 Å². The average Bonchev–Trinajstić information content (AvgIpc) is 2.47. The molecule has 3 heteroatoms. The highest BCUT2D eigenvalue weighted by molar-refractivity contribution is 6.09. The van der Waals surface area contributed by atoms with Crippen LogP contribution in [0.15, 0.2) is 0 Å². The first-order valence-electron chi connectivity index (χ1n) is 4.53. The Bertz CT molecular complexity index is 136. The van der Waals surface area contributed by atoms with Gasteiger partial charge in [-0.25, -0.2) is 0 Å². The van der Waals surface area contributed by atoms with Crippen LogP contribution in [0.3, 0.4) is 0 Å². The van der Waals surface area contributed by atoms with E-state index in [-0.39, 0.29) is 0 Å². The summed E-state index contributed by atoms with van der Waals surface area (Å²) >= 11 is 0. The maximum absolute atomic E-state index is 5.60. The molecule has 2 nitrogen and oxygen atoms in total. The van der Waals surface area contributed by atoms with E-state index in [0.717, 1.165) is 0 Å². The molecule has 2 unspecified atom stereocenters. The standard InChI is InChI=1S/C8H14BNO/c9-5-7-6-3-1-2-4-8(6)11-10-7/h6-8,10H,1-5H2/t6?,7-,8?/m1/s1. The fraction of sp³-hybridized carbons (Fsp3) is 1.00. The lowest BCUT2D eigenvalue weighted by atomic mass is 9.78. The van der Waals surface area contributed by atoms with Crippen molar-refractivity contribution in [2.75, 3.05) is 0 Å². The molecule has 1 N–H and O–H groups in total. The third-order valence-electron chi connectivity index (χ3n) is 2.90. The van der Waals surface area contributed by atoms with E-state index in [1.165, 1.54) is 25.7 Å². The van der Waals surface area contributed by atoms with Gasteiger partial charge in [0, 0.05) is 12.0 Å². The molecule has 1 aliphatic heterocycles. The van der Waals surface area contributed by atoms with Gasteiger partial charge in [-0.2, -0.15) is 5.48 Å². The molecule has 60 valence electrons. The lowest BCUT2D eigenvalue weighted by molar-refractivity contribution is 0.00601. The summed E-state index contributed by atoms with van der Waals surface area (Å²) in [5.74, 6) is 0.689. The number of fused-ring (bicyclic) bond motifs is 1. The Balaban J connectivity index is 1.98. The van der Waals surface area contributed by atoms with Gasteiger partial charge in [0.05, 0.1) is 14.0 Å². The van der Waals surface area contributed by atoms with Crippen molar-refractivity contribution in [2.24, 2.45) is 5.92 Å². The minimum Gasteiger partial charge on any atom is -0.298 e. The molecular weight excluding hydrogens is 137 g/mol. The van der Waals surface area contributed by atoms with Crippen LogP contribution in [-0.4, -0.2) is 20.0 Å². The van der Waals surface area contributed by atoms with Crippen LogP contribution in [0.4, 0.5) is 0 Å². The Hall–Kier alpha value is -0.0151. The highest BCUT2D eigenvalue weighted by Gasteiger charge is 2.37. The van der Waals surface area contributed by atoms with E-state index >= 15 is 0 Å². The second-order valence-electron chi connectivity index (χ2n) is 3.56. The number of hydrogen-bond donors (Lipinski definition) is 1. The molecule has 0 amide bonds. The Morgan fingerprint density at radius 2 is 2.18 bits per heavy atom. The predicted octanol–water partition coefficient (Wildman–Crippen LogP) is 1.04. The lowest BCUT2D eigenvalue weighted by Crippen LogP contribution is -2.29. The van der Waals surface area contributed by atoms with E-state index < -0.39 is 0 Å². The molecular formula is C8H14BNO. The van der Waals surface area contributed by atoms with Gasteiger partial charge in [-0.3, -0.25) is 4.84 Å². The second kappa shape index (κ2) is 3.15. The topological polar surface area (TPSA) is 21.3 Å². The van der Waals surface area contributed by atoms with E-state index in [4.69, 9.17) is 12.7 Å². The van der Waals surface area contributed by atoms with Crippen LogP contribution in [0.5, 0.6) is 0 Å². The summed E-state index contributed by atoms with van der Waals surface area (Å²) in [6.07, 6.45) is 6.34. The Morgan fingerprint density at radius 3 is 3.00 bits per heavy atom. The van der Waals surface area contributed by atoms with Crippen LogP contribution in [-0.2, 0) is 4.84 Å². The van der Waals surface area contributed by atoms with Crippen molar-refractivity contribution < 1.29 is 4.84 Å².